The zero-order valence-electron chi connectivity index (χ0n) is 13.8. The van der Waals surface area contributed by atoms with Crippen LogP contribution in [0.25, 0.3) is 0 Å². The third-order valence-corrected chi connectivity index (χ3v) is 5.23. The average Bonchev–Trinajstić information content (AvgIpc) is 3.32. The van der Waals surface area contributed by atoms with Gasteiger partial charge in [-0.15, -0.1) is 0 Å². The summed E-state index contributed by atoms with van der Waals surface area (Å²) in [4.78, 5) is 12.8. The molecule has 0 saturated carbocycles. The number of nitrogens with zero attached hydrogens (tertiary/aromatic N) is 3. The van der Waals surface area contributed by atoms with Crippen molar-refractivity contribution in [3.63, 3.8) is 0 Å². The molecular weight excluding hydrogens is 300 g/mol. The van der Waals surface area contributed by atoms with Gasteiger partial charge in [0.15, 0.2) is 0 Å². The van der Waals surface area contributed by atoms with Crippen molar-refractivity contribution in [1.29, 1.82) is 5.26 Å². The predicted octanol–water partition coefficient (Wildman–Crippen LogP) is 2.93. The lowest BCUT2D eigenvalue weighted by Crippen LogP contribution is -2.25. The molecule has 1 atom stereocenters. The molecule has 5 nitrogen and oxygen atoms in total. The maximum absolute atomic E-state index is 12.8. The van der Waals surface area contributed by atoms with E-state index in [9.17, 15) is 4.79 Å². The van der Waals surface area contributed by atoms with Crippen LogP contribution in [0, 0.1) is 11.3 Å². The number of hydrogen-bond donors (Lipinski definition) is 1. The number of carbonyl (C=O) groups excluding carboxylic acids is 1. The molecule has 122 valence electrons. The number of nitriles is 1. The van der Waals surface area contributed by atoms with Crippen LogP contribution in [0.2, 0.25) is 0 Å². The van der Waals surface area contributed by atoms with Crippen LogP contribution in [0.1, 0.15) is 53.6 Å². The lowest BCUT2D eigenvalue weighted by Gasteiger charge is -2.18. The van der Waals surface area contributed by atoms with Crippen LogP contribution in [0.5, 0.6) is 0 Å². The summed E-state index contributed by atoms with van der Waals surface area (Å²) in [5.74, 6) is -0.0722. The molecule has 1 heterocycles. The topological polar surface area (TPSA) is 70.7 Å². The number of fused-ring (bicyclic) bond motifs is 2. The Balaban J connectivity index is 1.64. The maximum Gasteiger partial charge on any atom is 0.248 e. The quantitative estimate of drug-likeness (QED) is 0.945. The smallest absolute Gasteiger partial charge is 0.248 e. The second-order valence-electron chi connectivity index (χ2n) is 6.72. The van der Waals surface area contributed by atoms with Crippen molar-refractivity contribution in [2.24, 2.45) is 0 Å². The van der Waals surface area contributed by atoms with Crippen molar-refractivity contribution in [3.8, 4) is 6.07 Å². The van der Waals surface area contributed by atoms with Gasteiger partial charge in [0.1, 0.15) is 12.1 Å². The first kappa shape index (κ1) is 14.9. The number of aryl methyl sites for hydroxylation is 2. The summed E-state index contributed by atoms with van der Waals surface area (Å²) in [5.41, 5.74) is 7.00. The molecule has 0 radical (unpaired) electrons. The van der Waals surface area contributed by atoms with Gasteiger partial charge in [-0.05, 0) is 67.7 Å². The highest BCUT2D eigenvalue weighted by molar-refractivity contribution is 5.95. The zero-order valence-corrected chi connectivity index (χ0v) is 13.8. The van der Waals surface area contributed by atoms with Crippen molar-refractivity contribution in [2.75, 3.05) is 5.32 Å². The van der Waals surface area contributed by atoms with Crippen LogP contribution in [-0.4, -0.2) is 15.7 Å². The van der Waals surface area contributed by atoms with Crippen molar-refractivity contribution in [2.45, 2.75) is 51.5 Å². The van der Waals surface area contributed by atoms with Crippen LogP contribution >= 0.6 is 0 Å². The van der Waals surface area contributed by atoms with Crippen LogP contribution < -0.4 is 5.32 Å². The molecule has 1 aromatic heterocycles. The molecule has 2 aliphatic rings. The second kappa shape index (κ2) is 5.79. The van der Waals surface area contributed by atoms with Gasteiger partial charge in [0.05, 0.1) is 11.8 Å². The number of amides is 1. The first-order valence-electron chi connectivity index (χ1n) is 8.59. The van der Waals surface area contributed by atoms with Gasteiger partial charge in [0.25, 0.3) is 0 Å². The van der Waals surface area contributed by atoms with E-state index in [1.165, 1.54) is 41.3 Å². The number of carbonyl (C=O) groups is 1. The van der Waals surface area contributed by atoms with Crippen LogP contribution in [0.15, 0.2) is 18.5 Å². The highest BCUT2D eigenvalue weighted by Gasteiger charge is 2.26. The molecular formula is C19H20N4O. The standard InChI is InChI=1S/C19H20N4O/c1-12(23-11-13(9-20)10-21-23)19(24)22-18-16-6-2-4-14(16)8-15-5-3-7-17(15)18/h8,10-12H,2-7H2,1H3,(H,22,24). The van der Waals surface area contributed by atoms with Crippen molar-refractivity contribution >= 4 is 11.6 Å². The van der Waals surface area contributed by atoms with Crippen LogP contribution in [-0.2, 0) is 30.5 Å². The van der Waals surface area contributed by atoms with Gasteiger partial charge in [-0.2, -0.15) is 10.4 Å². The van der Waals surface area contributed by atoms with Gasteiger partial charge in [-0.3, -0.25) is 9.48 Å². The second-order valence-corrected chi connectivity index (χ2v) is 6.72. The minimum absolute atomic E-state index is 0.0722. The Morgan fingerprint density at radius 1 is 1.25 bits per heavy atom. The van der Waals surface area contributed by atoms with Crippen molar-refractivity contribution in [3.05, 3.63) is 46.3 Å². The predicted molar refractivity (Wildman–Crippen MR) is 90.8 cm³/mol. The summed E-state index contributed by atoms with van der Waals surface area (Å²) < 4.78 is 1.55. The molecule has 0 saturated heterocycles. The fraction of sp³-hybridized carbons (Fsp3) is 0.421. The summed E-state index contributed by atoms with van der Waals surface area (Å²) in [7, 11) is 0. The Labute approximate surface area is 141 Å². The van der Waals surface area contributed by atoms with Gasteiger partial charge >= 0.3 is 0 Å². The number of hydrogen-bond acceptors (Lipinski definition) is 3. The van der Waals surface area contributed by atoms with E-state index in [1.54, 1.807) is 10.9 Å². The lowest BCUT2D eigenvalue weighted by atomic mass is 9.98. The van der Waals surface area contributed by atoms with E-state index in [4.69, 9.17) is 5.26 Å². The Morgan fingerprint density at radius 2 is 1.92 bits per heavy atom. The molecule has 1 N–H and O–H groups in total. The fourth-order valence-electron chi connectivity index (χ4n) is 3.92. The molecule has 1 aromatic carbocycles. The fourth-order valence-corrected chi connectivity index (χ4v) is 3.92. The summed E-state index contributed by atoms with van der Waals surface area (Å²) >= 11 is 0. The minimum atomic E-state index is -0.443. The van der Waals surface area contributed by atoms with E-state index < -0.39 is 6.04 Å². The SMILES string of the molecule is CC(C(=O)Nc1c2c(cc3c1CCC3)CCC2)n1cc(C#N)cn1. The highest BCUT2D eigenvalue weighted by atomic mass is 16.2. The van der Waals surface area contributed by atoms with Crippen molar-refractivity contribution in [1.82, 2.24) is 9.78 Å². The van der Waals surface area contributed by atoms with Gasteiger partial charge < -0.3 is 5.32 Å². The van der Waals surface area contributed by atoms with Crippen LogP contribution in [0.4, 0.5) is 5.69 Å². The normalized spacial score (nSPS) is 16.3. The Morgan fingerprint density at radius 3 is 2.50 bits per heavy atom. The van der Waals surface area contributed by atoms with E-state index in [-0.39, 0.29) is 5.91 Å². The van der Waals surface area contributed by atoms with Gasteiger partial charge in [0.2, 0.25) is 5.91 Å². The van der Waals surface area contributed by atoms with E-state index in [2.05, 4.69) is 16.5 Å². The number of nitrogens with one attached hydrogen (secondary N) is 1. The number of anilines is 1. The highest BCUT2D eigenvalue weighted by Crippen LogP contribution is 2.38. The number of benzene rings is 1. The minimum Gasteiger partial charge on any atom is -0.324 e. The molecule has 2 aliphatic carbocycles. The molecule has 24 heavy (non-hydrogen) atoms. The third kappa shape index (κ3) is 2.39. The van der Waals surface area contributed by atoms with E-state index in [1.807, 2.05) is 13.0 Å². The molecule has 1 amide bonds. The first-order valence-corrected chi connectivity index (χ1v) is 8.59. The van der Waals surface area contributed by atoms with E-state index >= 15 is 0 Å². The van der Waals surface area contributed by atoms with Crippen LogP contribution in [0.3, 0.4) is 0 Å². The molecule has 1 unspecified atom stereocenters. The molecule has 5 heteroatoms. The Kier molecular flexibility index (Phi) is 3.61. The Hall–Kier alpha value is -2.61. The summed E-state index contributed by atoms with van der Waals surface area (Å²) in [6.45, 7) is 1.81. The van der Waals surface area contributed by atoms with Crippen molar-refractivity contribution < 1.29 is 4.79 Å². The monoisotopic (exact) mass is 320 g/mol. The zero-order chi connectivity index (χ0) is 16.7. The largest absolute Gasteiger partial charge is 0.324 e. The maximum atomic E-state index is 12.8. The molecule has 0 bridgehead atoms. The van der Waals surface area contributed by atoms with Gasteiger partial charge in [-0.25, -0.2) is 0 Å². The van der Waals surface area contributed by atoms with E-state index in [0.29, 0.717) is 5.56 Å². The molecule has 0 fully saturated rings. The lowest BCUT2D eigenvalue weighted by molar-refractivity contribution is -0.119. The molecule has 2 aromatic rings. The Bertz CT molecular complexity index is 827. The summed E-state index contributed by atoms with van der Waals surface area (Å²) in [5, 5.41) is 16.2. The van der Waals surface area contributed by atoms with Gasteiger partial charge in [0, 0.05) is 11.9 Å². The first-order chi connectivity index (χ1) is 11.7. The molecule has 4 rings (SSSR count). The summed E-state index contributed by atoms with van der Waals surface area (Å²) in [6, 6.07) is 3.96. The number of rotatable bonds is 3. The number of aromatic nitrogens is 2. The third-order valence-electron chi connectivity index (χ3n) is 5.23. The average molecular weight is 320 g/mol. The summed E-state index contributed by atoms with van der Waals surface area (Å²) in [6.07, 6.45) is 9.77. The van der Waals surface area contributed by atoms with E-state index in [0.717, 1.165) is 31.4 Å². The molecule has 0 spiro atoms. The molecule has 0 aliphatic heterocycles. The van der Waals surface area contributed by atoms with Gasteiger partial charge in [-0.1, -0.05) is 6.07 Å².